The van der Waals surface area contributed by atoms with Crippen LogP contribution in [-0.2, 0) is 14.3 Å². The molecular weight excluding hydrogens is 232 g/mol. The number of primary amides is 1. The van der Waals surface area contributed by atoms with E-state index >= 15 is 0 Å². The average Bonchev–Trinajstić information content (AvgIpc) is 2.38. The molecule has 2 heterocycles. The number of carbonyl (C=O) groups is 1. The van der Waals surface area contributed by atoms with Crippen molar-refractivity contribution in [2.45, 2.75) is 31.8 Å². The predicted octanol–water partition coefficient (Wildman–Crippen LogP) is 0.379. The molecule has 5 heteroatoms. The summed E-state index contributed by atoms with van der Waals surface area (Å²) in [5.74, 6) is 0.328. The third-order valence-electron chi connectivity index (χ3n) is 3.85. The Labute approximate surface area is 109 Å². The fourth-order valence-corrected chi connectivity index (χ4v) is 2.73. The lowest BCUT2D eigenvalue weighted by atomic mass is 9.93. The Kier molecular flexibility index (Phi) is 5.41. The van der Waals surface area contributed by atoms with Crippen LogP contribution in [0.4, 0.5) is 0 Å². The maximum Gasteiger partial charge on any atom is 0.217 e. The third kappa shape index (κ3) is 4.55. The van der Waals surface area contributed by atoms with Gasteiger partial charge >= 0.3 is 0 Å². The second kappa shape index (κ2) is 7.07. The van der Waals surface area contributed by atoms with Gasteiger partial charge in [0.2, 0.25) is 5.91 Å². The number of rotatable bonds is 5. The van der Waals surface area contributed by atoms with Crippen LogP contribution in [0.15, 0.2) is 0 Å². The highest BCUT2D eigenvalue weighted by atomic mass is 16.6. The summed E-state index contributed by atoms with van der Waals surface area (Å²) in [6.07, 6.45) is 4.03. The summed E-state index contributed by atoms with van der Waals surface area (Å²) in [4.78, 5) is 13.3. The Bertz CT molecular complexity index is 259. The lowest BCUT2D eigenvalue weighted by molar-refractivity contribution is -0.119. The average molecular weight is 256 g/mol. The lowest BCUT2D eigenvalue weighted by Crippen LogP contribution is -2.38. The molecule has 5 nitrogen and oxygen atoms in total. The maximum atomic E-state index is 10.9. The second-order valence-corrected chi connectivity index (χ2v) is 5.31. The van der Waals surface area contributed by atoms with Gasteiger partial charge in [-0.25, -0.2) is 0 Å². The molecule has 0 aromatic carbocycles. The van der Waals surface area contributed by atoms with Gasteiger partial charge in [0, 0.05) is 13.0 Å². The summed E-state index contributed by atoms with van der Waals surface area (Å²) in [5.41, 5.74) is 5.23. The molecule has 2 rings (SSSR count). The standard InChI is InChI=1S/C13H24N2O3/c14-13(16)9-11-1-4-15(5-2-11)6-3-12-10-17-7-8-18-12/h11-12H,1-10H2,(H2,14,16). The molecule has 0 bridgehead atoms. The van der Waals surface area contributed by atoms with Crippen LogP contribution in [0.25, 0.3) is 0 Å². The van der Waals surface area contributed by atoms with Crippen LogP contribution < -0.4 is 5.73 Å². The molecule has 0 aliphatic carbocycles. The van der Waals surface area contributed by atoms with Gasteiger partial charge in [0.25, 0.3) is 0 Å². The molecule has 0 saturated carbocycles. The Morgan fingerprint density at radius 3 is 2.67 bits per heavy atom. The van der Waals surface area contributed by atoms with Crippen molar-refractivity contribution in [2.24, 2.45) is 11.7 Å². The fraction of sp³-hybridized carbons (Fsp3) is 0.923. The van der Waals surface area contributed by atoms with Gasteiger partial charge in [-0.2, -0.15) is 0 Å². The Morgan fingerprint density at radius 1 is 1.28 bits per heavy atom. The van der Waals surface area contributed by atoms with Gasteiger partial charge in [-0.3, -0.25) is 4.79 Å². The van der Waals surface area contributed by atoms with Crippen molar-refractivity contribution in [2.75, 3.05) is 39.5 Å². The molecule has 0 aromatic heterocycles. The van der Waals surface area contributed by atoms with Crippen LogP contribution in [0.1, 0.15) is 25.7 Å². The lowest BCUT2D eigenvalue weighted by Gasteiger charge is -2.33. The number of hydrogen-bond acceptors (Lipinski definition) is 4. The number of amides is 1. The van der Waals surface area contributed by atoms with Gasteiger partial charge in [0.05, 0.1) is 25.9 Å². The smallest absolute Gasteiger partial charge is 0.217 e. The number of nitrogens with zero attached hydrogens (tertiary/aromatic N) is 1. The Morgan fingerprint density at radius 2 is 2.06 bits per heavy atom. The molecule has 0 radical (unpaired) electrons. The molecule has 0 aromatic rings. The van der Waals surface area contributed by atoms with E-state index < -0.39 is 0 Å². The minimum atomic E-state index is -0.166. The zero-order valence-corrected chi connectivity index (χ0v) is 11.0. The summed E-state index contributed by atoms with van der Waals surface area (Å²) in [7, 11) is 0. The molecule has 1 unspecified atom stereocenters. The van der Waals surface area contributed by atoms with E-state index in [1.54, 1.807) is 0 Å². The van der Waals surface area contributed by atoms with Gasteiger partial charge in [-0.1, -0.05) is 0 Å². The number of ether oxygens (including phenoxy) is 2. The van der Waals surface area contributed by atoms with E-state index in [2.05, 4.69) is 4.90 Å². The first kappa shape index (κ1) is 13.8. The van der Waals surface area contributed by atoms with E-state index in [4.69, 9.17) is 15.2 Å². The normalized spacial score (nSPS) is 27.2. The quantitative estimate of drug-likeness (QED) is 0.772. The van der Waals surface area contributed by atoms with Gasteiger partial charge in [-0.15, -0.1) is 0 Å². The van der Waals surface area contributed by atoms with Crippen molar-refractivity contribution in [1.82, 2.24) is 4.90 Å². The SMILES string of the molecule is NC(=O)CC1CCN(CCC2COCCO2)CC1. The number of likely N-dealkylation sites (tertiary alicyclic amines) is 1. The number of carbonyl (C=O) groups excluding carboxylic acids is 1. The zero-order valence-electron chi connectivity index (χ0n) is 11.0. The molecule has 104 valence electrons. The third-order valence-corrected chi connectivity index (χ3v) is 3.85. The molecule has 1 atom stereocenters. The fourth-order valence-electron chi connectivity index (χ4n) is 2.73. The number of nitrogens with two attached hydrogens (primary N) is 1. The molecular formula is C13H24N2O3. The monoisotopic (exact) mass is 256 g/mol. The maximum absolute atomic E-state index is 10.9. The van der Waals surface area contributed by atoms with Crippen LogP contribution in [0.3, 0.4) is 0 Å². The Balaban J connectivity index is 1.59. The minimum Gasteiger partial charge on any atom is -0.376 e. The molecule has 1 amide bonds. The number of hydrogen-bond donors (Lipinski definition) is 1. The van der Waals surface area contributed by atoms with E-state index in [1.807, 2.05) is 0 Å². The summed E-state index contributed by atoms with van der Waals surface area (Å²) in [6.45, 7) is 5.41. The van der Waals surface area contributed by atoms with Gasteiger partial charge in [-0.05, 0) is 38.3 Å². The van der Waals surface area contributed by atoms with E-state index in [9.17, 15) is 4.79 Å². The highest BCUT2D eigenvalue weighted by Crippen LogP contribution is 2.20. The van der Waals surface area contributed by atoms with E-state index in [-0.39, 0.29) is 12.0 Å². The van der Waals surface area contributed by atoms with E-state index in [0.29, 0.717) is 12.3 Å². The second-order valence-electron chi connectivity index (χ2n) is 5.31. The van der Waals surface area contributed by atoms with Crippen LogP contribution in [-0.4, -0.2) is 56.4 Å². The predicted molar refractivity (Wildman–Crippen MR) is 68.2 cm³/mol. The minimum absolute atomic E-state index is 0.166. The first-order chi connectivity index (χ1) is 8.74. The largest absolute Gasteiger partial charge is 0.376 e. The van der Waals surface area contributed by atoms with E-state index in [0.717, 1.165) is 58.7 Å². The van der Waals surface area contributed by atoms with Gasteiger partial charge in [0.15, 0.2) is 0 Å². The topological polar surface area (TPSA) is 64.8 Å². The summed E-state index contributed by atoms with van der Waals surface area (Å²) in [5, 5.41) is 0. The van der Waals surface area contributed by atoms with Crippen molar-refractivity contribution in [3.8, 4) is 0 Å². The van der Waals surface area contributed by atoms with Crippen molar-refractivity contribution in [3.63, 3.8) is 0 Å². The van der Waals surface area contributed by atoms with Gasteiger partial charge < -0.3 is 20.1 Å². The molecule has 2 N–H and O–H groups in total. The highest BCUT2D eigenvalue weighted by molar-refractivity contribution is 5.73. The summed E-state index contributed by atoms with van der Waals surface area (Å²) in [6, 6.07) is 0. The van der Waals surface area contributed by atoms with Crippen LogP contribution >= 0.6 is 0 Å². The van der Waals surface area contributed by atoms with Crippen LogP contribution in [0, 0.1) is 5.92 Å². The van der Waals surface area contributed by atoms with Crippen molar-refractivity contribution < 1.29 is 14.3 Å². The van der Waals surface area contributed by atoms with Crippen molar-refractivity contribution in [3.05, 3.63) is 0 Å². The van der Waals surface area contributed by atoms with Crippen molar-refractivity contribution >= 4 is 5.91 Å². The van der Waals surface area contributed by atoms with Crippen molar-refractivity contribution in [1.29, 1.82) is 0 Å². The first-order valence-electron chi connectivity index (χ1n) is 6.94. The van der Waals surface area contributed by atoms with E-state index in [1.165, 1.54) is 0 Å². The first-order valence-corrected chi connectivity index (χ1v) is 6.94. The Hall–Kier alpha value is -0.650. The number of piperidine rings is 1. The molecule has 18 heavy (non-hydrogen) atoms. The zero-order chi connectivity index (χ0) is 12.8. The summed E-state index contributed by atoms with van der Waals surface area (Å²) >= 11 is 0. The van der Waals surface area contributed by atoms with Crippen LogP contribution in [0.2, 0.25) is 0 Å². The molecule has 2 aliphatic heterocycles. The molecule has 2 fully saturated rings. The molecule has 2 aliphatic rings. The molecule has 0 spiro atoms. The van der Waals surface area contributed by atoms with Gasteiger partial charge in [0.1, 0.15) is 0 Å². The highest BCUT2D eigenvalue weighted by Gasteiger charge is 2.22. The molecule has 2 saturated heterocycles. The van der Waals surface area contributed by atoms with Crippen LogP contribution in [0.5, 0.6) is 0 Å². The summed E-state index contributed by atoms with van der Waals surface area (Å²) < 4.78 is 11.0.